The summed E-state index contributed by atoms with van der Waals surface area (Å²) in [5.41, 5.74) is 8.94. The number of ether oxygens (including phenoxy) is 1. The van der Waals surface area contributed by atoms with Crippen molar-refractivity contribution in [3.05, 3.63) is 95.1 Å². The average Bonchev–Trinajstić information content (AvgIpc) is 3.12. The molecule has 29 heavy (non-hydrogen) atoms. The zero-order chi connectivity index (χ0) is 19.5. The van der Waals surface area contributed by atoms with E-state index in [2.05, 4.69) is 42.5 Å². The van der Waals surface area contributed by atoms with Crippen molar-refractivity contribution < 1.29 is 14.9 Å². The monoisotopic (exact) mass is 378 g/mol. The Morgan fingerprint density at radius 3 is 2.28 bits per heavy atom. The van der Waals surface area contributed by atoms with E-state index in [0.717, 1.165) is 34.4 Å². The molecule has 0 aromatic heterocycles. The molecule has 1 heterocycles. The predicted octanol–water partition coefficient (Wildman–Crippen LogP) is 6.03. The molecule has 1 aliphatic heterocycles. The molecule has 4 aromatic rings. The van der Waals surface area contributed by atoms with Crippen LogP contribution in [0.5, 0.6) is 23.0 Å². The quantitative estimate of drug-likeness (QED) is 0.367. The van der Waals surface area contributed by atoms with Gasteiger partial charge < -0.3 is 14.9 Å². The Bertz CT molecular complexity index is 1300. The lowest BCUT2D eigenvalue weighted by Crippen LogP contribution is -2.05. The Morgan fingerprint density at radius 1 is 0.621 bits per heavy atom. The molecule has 0 saturated heterocycles. The number of phenolic OH excluding ortho intramolecular Hbond substituents is 2. The maximum absolute atomic E-state index is 10.5. The zero-order valence-corrected chi connectivity index (χ0v) is 15.6. The van der Waals surface area contributed by atoms with Gasteiger partial charge in [-0.2, -0.15) is 0 Å². The summed E-state index contributed by atoms with van der Waals surface area (Å²) in [5.74, 6) is 1.84. The van der Waals surface area contributed by atoms with Gasteiger partial charge in [-0.15, -0.1) is 0 Å². The van der Waals surface area contributed by atoms with E-state index in [1.165, 1.54) is 22.3 Å². The molecule has 4 aromatic carbocycles. The minimum Gasteiger partial charge on any atom is -0.508 e. The van der Waals surface area contributed by atoms with Crippen LogP contribution in [-0.4, -0.2) is 10.2 Å². The fourth-order valence-electron chi connectivity index (χ4n) is 4.63. The zero-order valence-electron chi connectivity index (χ0n) is 15.6. The fraction of sp³-hybridized carbons (Fsp3) is 0.0769. The second-order valence-corrected chi connectivity index (χ2v) is 7.68. The molecule has 0 fully saturated rings. The molecule has 3 nitrogen and oxygen atoms in total. The third kappa shape index (κ3) is 2.37. The molecule has 3 heteroatoms. The van der Waals surface area contributed by atoms with Gasteiger partial charge in [-0.05, 0) is 64.6 Å². The van der Waals surface area contributed by atoms with Crippen LogP contribution in [0.25, 0.3) is 22.3 Å². The summed E-state index contributed by atoms with van der Waals surface area (Å²) in [6.07, 6.45) is 1.41. The molecular weight excluding hydrogens is 360 g/mol. The molecule has 140 valence electrons. The predicted molar refractivity (Wildman–Crippen MR) is 113 cm³/mol. The number of benzene rings is 4. The lowest BCUT2D eigenvalue weighted by molar-refractivity contribution is 0.429. The molecule has 0 unspecified atom stereocenters. The van der Waals surface area contributed by atoms with E-state index in [1.54, 1.807) is 24.3 Å². The van der Waals surface area contributed by atoms with Crippen LogP contribution in [-0.2, 0) is 12.8 Å². The SMILES string of the molecule is Oc1ccc2c(c1)Cc1c(O)ccc(-c3cccc4c3Cc3ccccc3-4)c1O2. The number of fused-ring (bicyclic) bond motifs is 5. The van der Waals surface area contributed by atoms with Crippen LogP contribution in [0.1, 0.15) is 22.3 Å². The summed E-state index contributed by atoms with van der Waals surface area (Å²) in [4.78, 5) is 0. The third-order valence-electron chi connectivity index (χ3n) is 6.00. The first kappa shape index (κ1) is 16.3. The summed E-state index contributed by atoms with van der Waals surface area (Å²) < 4.78 is 6.26. The van der Waals surface area contributed by atoms with Crippen molar-refractivity contribution >= 4 is 0 Å². The van der Waals surface area contributed by atoms with Crippen LogP contribution in [0.15, 0.2) is 72.8 Å². The minimum atomic E-state index is 0.199. The van der Waals surface area contributed by atoms with Crippen molar-refractivity contribution in [2.24, 2.45) is 0 Å². The average molecular weight is 378 g/mol. The second-order valence-electron chi connectivity index (χ2n) is 7.68. The largest absolute Gasteiger partial charge is 0.508 e. The fourth-order valence-corrected chi connectivity index (χ4v) is 4.63. The molecule has 2 N–H and O–H groups in total. The number of hydrogen-bond donors (Lipinski definition) is 2. The van der Waals surface area contributed by atoms with Crippen molar-refractivity contribution in [1.29, 1.82) is 0 Å². The smallest absolute Gasteiger partial charge is 0.142 e. The highest BCUT2D eigenvalue weighted by molar-refractivity contribution is 5.87. The Balaban J connectivity index is 1.54. The van der Waals surface area contributed by atoms with Gasteiger partial charge in [-0.3, -0.25) is 0 Å². The van der Waals surface area contributed by atoms with Crippen LogP contribution >= 0.6 is 0 Å². The highest BCUT2D eigenvalue weighted by Gasteiger charge is 2.27. The van der Waals surface area contributed by atoms with Gasteiger partial charge in [0.25, 0.3) is 0 Å². The Hall–Kier alpha value is -3.72. The summed E-state index contributed by atoms with van der Waals surface area (Å²) in [7, 11) is 0. The van der Waals surface area contributed by atoms with Gasteiger partial charge in [0.1, 0.15) is 23.0 Å². The number of rotatable bonds is 1. The van der Waals surface area contributed by atoms with E-state index < -0.39 is 0 Å². The van der Waals surface area contributed by atoms with E-state index in [-0.39, 0.29) is 11.5 Å². The van der Waals surface area contributed by atoms with Crippen molar-refractivity contribution in [1.82, 2.24) is 0 Å². The van der Waals surface area contributed by atoms with E-state index in [9.17, 15) is 10.2 Å². The van der Waals surface area contributed by atoms with E-state index >= 15 is 0 Å². The molecule has 0 bridgehead atoms. The van der Waals surface area contributed by atoms with Gasteiger partial charge in [0.15, 0.2) is 0 Å². The maximum Gasteiger partial charge on any atom is 0.142 e. The third-order valence-corrected chi connectivity index (χ3v) is 6.00. The standard InChI is InChI=1S/C26H18O3/c27-17-8-11-25-16(12-17)14-23-24(28)10-9-21(26(23)29-25)20-7-3-6-19-18-5-2-1-4-15(18)13-22(19)20/h1-12,27-28H,13-14H2. The Morgan fingerprint density at radius 2 is 1.38 bits per heavy atom. The summed E-state index contributed by atoms with van der Waals surface area (Å²) in [5, 5.41) is 20.3. The van der Waals surface area contributed by atoms with Crippen LogP contribution < -0.4 is 4.74 Å². The van der Waals surface area contributed by atoms with Crippen LogP contribution in [0.4, 0.5) is 0 Å². The van der Waals surface area contributed by atoms with Crippen molar-refractivity contribution in [3.8, 4) is 45.3 Å². The summed E-state index contributed by atoms with van der Waals surface area (Å²) >= 11 is 0. The molecule has 0 atom stereocenters. The molecular formula is C26H18O3. The van der Waals surface area contributed by atoms with E-state index in [0.29, 0.717) is 12.2 Å². The van der Waals surface area contributed by atoms with Crippen molar-refractivity contribution in [2.45, 2.75) is 12.8 Å². The molecule has 2 aliphatic rings. The molecule has 6 rings (SSSR count). The minimum absolute atomic E-state index is 0.199. The molecule has 0 radical (unpaired) electrons. The normalized spacial score (nSPS) is 13.1. The first-order valence-corrected chi connectivity index (χ1v) is 9.74. The lowest BCUT2D eigenvalue weighted by atomic mass is 9.90. The lowest BCUT2D eigenvalue weighted by Gasteiger charge is -2.24. The van der Waals surface area contributed by atoms with Crippen LogP contribution in [0, 0.1) is 0 Å². The van der Waals surface area contributed by atoms with Gasteiger partial charge in [-0.1, -0.05) is 42.5 Å². The first-order chi connectivity index (χ1) is 14.2. The Labute approximate surface area is 168 Å². The summed E-state index contributed by atoms with van der Waals surface area (Å²) in [6.45, 7) is 0. The van der Waals surface area contributed by atoms with Gasteiger partial charge in [0.05, 0.1) is 0 Å². The van der Waals surface area contributed by atoms with Gasteiger partial charge in [0, 0.05) is 23.1 Å². The van der Waals surface area contributed by atoms with Crippen molar-refractivity contribution in [3.63, 3.8) is 0 Å². The van der Waals surface area contributed by atoms with Crippen molar-refractivity contribution in [2.75, 3.05) is 0 Å². The number of hydrogen-bond acceptors (Lipinski definition) is 3. The molecule has 1 aliphatic carbocycles. The summed E-state index contributed by atoms with van der Waals surface area (Å²) in [6, 6.07) is 23.7. The van der Waals surface area contributed by atoms with Gasteiger partial charge in [0.2, 0.25) is 0 Å². The van der Waals surface area contributed by atoms with Crippen LogP contribution in [0.2, 0.25) is 0 Å². The molecule has 0 spiro atoms. The van der Waals surface area contributed by atoms with E-state index in [4.69, 9.17) is 4.74 Å². The first-order valence-electron chi connectivity index (χ1n) is 9.74. The van der Waals surface area contributed by atoms with Crippen LogP contribution in [0.3, 0.4) is 0 Å². The maximum atomic E-state index is 10.5. The highest BCUT2D eigenvalue weighted by atomic mass is 16.5. The van der Waals surface area contributed by atoms with Gasteiger partial charge in [-0.25, -0.2) is 0 Å². The number of phenols is 2. The molecule has 0 saturated carbocycles. The number of aromatic hydroxyl groups is 2. The molecule has 0 amide bonds. The Kier molecular flexibility index (Phi) is 3.30. The topological polar surface area (TPSA) is 49.7 Å². The highest BCUT2D eigenvalue weighted by Crippen LogP contribution is 2.49. The second kappa shape index (κ2) is 5.89. The van der Waals surface area contributed by atoms with Gasteiger partial charge >= 0.3 is 0 Å². The van der Waals surface area contributed by atoms with E-state index in [1.807, 2.05) is 6.07 Å².